The minimum Gasteiger partial charge on any atom is -0.326 e. The lowest BCUT2D eigenvalue weighted by molar-refractivity contribution is 0.830. The molecule has 1 aromatic heterocycles. The number of pyridine rings is 1. The van der Waals surface area contributed by atoms with Gasteiger partial charge in [-0.1, -0.05) is 19.9 Å². The summed E-state index contributed by atoms with van der Waals surface area (Å²) in [6.45, 7) is 4.31. The standard InChI is InChI=1S/C7H10N2O.C2H6/c1-9-4-2-3-6(5-8)7(9)10;1-2/h2-4H,5,8H2,1H3;1-2H3. The van der Waals surface area contributed by atoms with Crippen LogP contribution in [0.5, 0.6) is 0 Å². The van der Waals surface area contributed by atoms with Gasteiger partial charge >= 0.3 is 0 Å². The van der Waals surface area contributed by atoms with Gasteiger partial charge < -0.3 is 10.3 Å². The van der Waals surface area contributed by atoms with Crippen molar-refractivity contribution in [2.45, 2.75) is 20.4 Å². The molecule has 3 heteroatoms. The number of hydrogen-bond acceptors (Lipinski definition) is 2. The molecule has 1 heterocycles. The summed E-state index contributed by atoms with van der Waals surface area (Å²) in [4.78, 5) is 11.1. The largest absolute Gasteiger partial charge is 0.326 e. The van der Waals surface area contributed by atoms with E-state index in [1.54, 1.807) is 19.3 Å². The molecule has 1 rings (SSSR count). The van der Waals surface area contributed by atoms with Crippen LogP contribution in [0.2, 0.25) is 0 Å². The van der Waals surface area contributed by atoms with Crippen LogP contribution >= 0.6 is 0 Å². The third-order valence-corrected chi connectivity index (χ3v) is 1.42. The fraction of sp³-hybridized carbons (Fsp3) is 0.444. The second-order valence-corrected chi connectivity index (χ2v) is 2.15. The first-order chi connectivity index (χ1) is 5.75. The number of aryl methyl sites for hydroxylation is 1. The Hall–Kier alpha value is -1.09. The molecule has 0 unspecified atom stereocenters. The minimum absolute atomic E-state index is 0.00926. The van der Waals surface area contributed by atoms with E-state index >= 15 is 0 Å². The lowest BCUT2D eigenvalue weighted by atomic mass is 10.3. The fourth-order valence-corrected chi connectivity index (χ4v) is 0.809. The molecule has 0 fully saturated rings. The fourth-order valence-electron chi connectivity index (χ4n) is 0.809. The minimum atomic E-state index is -0.00926. The highest BCUT2D eigenvalue weighted by Crippen LogP contribution is 1.86. The number of nitrogens with zero attached hydrogens (tertiary/aromatic N) is 1. The van der Waals surface area contributed by atoms with Crippen LogP contribution in [0.25, 0.3) is 0 Å². The highest BCUT2D eigenvalue weighted by Gasteiger charge is 1.94. The van der Waals surface area contributed by atoms with Gasteiger partial charge in [-0.2, -0.15) is 0 Å². The molecule has 2 N–H and O–H groups in total. The molecule has 0 amide bonds. The van der Waals surface area contributed by atoms with E-state index in [0.717, 1.165) is 0 Å². The van der Waals surface area contributed by atoms with Gasteiger partial charge in [-0.15, -0.1) is 0 Å². The summed E-state index contributed by atoms with van der Waals surface area (Å²) >= 11 is 0. The summed E-state index contributed by atoms with van der Waals surface area (Å²) in [6.07, 6.45) is 1.71. The highest BCUT2D eigenvalue weighted by atomic mass is 16.1. The van der Waals surface area contributed by atoms with E-state index in [1.807, 2.05) is 19.9 Å². The molecule has 0 atom stereocenters. The maximum Gasteiger partial charge on any atom is 0.254 e. The summed E-state index contributed by atoms with van der Waals surface area (Å²) in [5.74, 6) is 0. The van der Waals surface area contributed by atoms with E-state index in [9.17, 15) is 4.79 Å². The van der Waals surface area contributed by atoms with Gasteiger partial charge in [0.15, 0.2) is 0 Å². The van der Waals surface area contributed by atoms with Crippen molar-refractivity contribution in [1.29, 1.82) is 0 Å². The van der Waals surface area contributed by atoms with Crippen LogP contribution in [0, 0.1) is 0 Å². The molecular weight excluding hydrogens is 152 g/mol. The second kappa shape index (κ2) is 5.55. The van der Waals surface area contributed by atoms with E-state index in [0.29, 0.717) is 12.1 Å². The molecule has 12 heavy (non-hydrogen) atoms. The van der Waals surface area contributed by atoms with E-state index in [4.69, 9.17) is 5.73 Å². The Kier molecular flexibility index (Phi) is 5.04. The predicted octanol–water partition coefficient (Wildman–Crippen LogP) is 0.870. The molecule has 0 bridgehead atoms. The van der Waals surface area contributed by atoms with Gasteiger partial charge in [-0.3, -0.25) is 4.79 Å². The van der Waals surface area contributed by atoms with Gasteiger partial charge in [-0.25, -0.2) is 0 Å². The molecule has 0 aliphatic rings. The molecule has 0 saturated heterocycles. The lowest BCUT2D eigenvalue weighted by Gasteiger charge is -1.97. The van der Waals surface area contributed by atoms with Gasteiger partial charge in [0, 0.05) is 25.4 Å². The van der Waals surface area contributed by atoms with Gasteiger partial charge in [0.1, 0.15) is 0 Å². The topological polar surface area (TPSA) is 48.0 Å². The maximum atomic E-state index is 11.1. The van der Waals surface area contributed by atoms with Crippen molar-refractivity contribution >= 4 is 0 Å². The summed E-state index contributed by atoms with van der Waals surface area (Å²) in [6, 6.07) is 3.55. The second-order valence-electron chi connectivity index (χ2n) is 2.15. The van der Waals surface area contributed by atoms with Gasteiger partial charge in [-0.05, 0) is 6.07 Å². The van der Waals surface area contributed by atoms with Crippen LogP contribution in [-0.4, -0.2) is 4.57 Å². The monoisotopic (exact) mass is 168 g/mol. The summed E-state index contributed by atoms with van der Waals surface area (Å²) in [7, 11) is 1.71. The molecule has 0 radical (unpaired) electrons. The maximum absolute atomic E-state index is 11.1. The zero-order chi connectivity index (χ0) is 9.56. The number of hydrogen-bond donors (Lipinski definition) is 1. The smallest absolute Gasteiger partial charge is 0.254 e. The first-order valence-electron chi connectivity index (χ1n) is 4.10. The van der Waals surface area contributed by atoms with Gasteiger partial charge in [0.2, 0.25) is 0 Å². The SMILES string of the molecule is CC.Cn1cccc(CN)c1=O. The van der Waals surface area contributed by atoms with Crippen molar-refractivity contribution in [3.63, 3.8) is 0 Å². The van der Waals surface area contributed by atoms with Crippen LogP contribution in [0.1, 0.15) is 19.4 Å². The molecule has 3 nitrogen and oxygen atoms in total. The van der Waals surface area contributed by atoms with Crippen LogP contribution in [-0.2, 0) is 13.6 Å². The molecule has 1 aromatic rings. The molecule has 68 valence electrons. The van der Waals surface area contributed by atoms with E-state index in [-0.39, 0.29) is 5.56 Å². The highest BCUT2D eigenvalue weighted by molar-refractivity contribution is 5.09. The van der Waals surface area contributed by atoms with Crippen LogP contribution < -0.4 is 11.3 Å². The Bertz CT molecular complexity index is 278. The van der Waals surface area contributed by atoms with E-state index in [1.165, 1.54) is 4.57 Å². The molecule has 0 aliphatic carbocycles. The first kappa shape index (κ1) is 10.9. The van der Waals surface area contributed by atoms with Crippen LogP contribution in [0.3, 0.4) is 0 Å². The Labute approximate surface area is 72.8 Å². The summed E-state index contributed by atoms with van der Waals surface area (Å²) in [5, 5.41) is 0. The quantitative estimate of drug-likeness (QED) is 0.676. The zero-order valence-corrected chi connectivity index (χ0v) is 7.87. The summed E-state index contributed by atoms with van der Waals surface area (Å²) in [5.41, 5.74) is 5.95. The Balaban J connectivity index is 0.000000561. The van der Waals surface area contributed by atoms with Crippen molar-refractivity contribution in [1.82, 2.24) is 4.57 Å². The van der Waals surface area contributed by atoms with E-state index < -0.39 is 0 Å². The summed E-state index contributed by atoms with van der Waals surface area (Å²) < 4.78 is 1.52. The number of rotatable bonds is 1. The zero-order valence-electron chi connectivity index (χ0n) is 7.87. The molecule has 0 spiro atoms. The molecule has 0 aliphatic heterocycles. The Morgan fingerprint density at radius 3 is 2.50 bits per heavy atom. The predicted molar refractivity (Wildman–Crippen MR) is 50.9 cm³/mol. The van der Waals surface area contributed by atoms with Gasteiger partial charge in [0.05, 0.1) is 0 Å². The molecule has 0 aromatic carbocycles. The van der Waals surface area contributed by atoms with Crippen molar-refractivity contribution in [3.8, 4) is 0 Å². The van der Waals surface area contributed by atoms with Crippen LogP contribution in [0.4, 0.5) is 0 Å². The van der Waals surface area contributed by atoms with E-state index in [2.05, 4.69) is 0 Å². The van der Waals surface area contributed by atoms with Gasteiger partial charge in [0.25, 0.3) is 5.56 Å². The average molecular weight is 168 g/mol. The van der Waals surface area contributed by atoms with Crippen molar-refractivity contribution in [2.75, 3.05) is 0 Å². The van der Waals surface area contributed by atoms with Crippen molar-refractivity contribution < 1.29 is 0 Å². The molecular formula is C9H16N2O. The normalized spacial score (nSPS) is 8.67. The van der Waals surface area contributed by atoms with Crippen LogP contribution in [0.15, 0.2) is 23.1 Å². The number of aromatic nitrogens is 1. The third-order valence-electron chi connectivity index (χ3n) is 1.42. The number of nitrogens with two attached hydrogens (primary N) is 1. The Morgan fingerprint density at radius 1 is 1.50 bits per heavy atom. The average Bonchev–Trinajstić information content (AvgIpc) is 2.13. The molecule has 0 saturated carbocycles. The van der Waals surface area contributed by atoms with Crippen molar-refractivity contribution in [3.05, 3.63) is 34.2 Å². The Morgan fingerprint density at radius 2 is 2.08 bits per heavy atom. The lowest BCUT2D eigenvalue weighted by Crippen LogP contribution is -2.21. The first-order valence-corrected chi connectivity index (χ1v) is 4.10. The third kappa shape index (κ3) is 2.51. The van der Waals surface area contributed by atoms with Crippen molar-refractivity contribution in [2.24, 2.45) is 12.8 Å².